The molecule has 0 bridgehead atoms. The second-order valence-corrected chi connectivity index (χ2v) is 9.74. The number of ether oxygens (including phenoxy) is 1. The predicted octanol–water partition coefficient (Wildman–Crippen LogP) is 5.44. The second kappa shape index (κ2) is 8.27. The third-order valence-corrected chi connectivity index (χ3v) is 7.02. The quantitative estimate of drug-likeness (QED) is 0.275. The van der Waals surface area contributed by atoms with E-state index < -0.39 is 5.97 Å². The first-order valence-corrected chi connectivity index (χ1v) is 11.0. The molecule has 0 spiro atoms. The molecule has 5 nitrogen and oxygen atoms in total. The Bertz CT molecular complexity index is 948. The fraction of sp³-hybridized carbons (Fsp3) is 0.350. The Morgan fingerprint density at radius 1 is 1.18 bits per heavy atom. The molecule has 1 aromatic heterocycles. The van der Waals surface area contributed by atoms with E-state index in [-0.39, 0.29) is 11.4 Å². The summed E-state index contributed by atoms with van der Waals surface area (Å²) in [6, 6.07) is 6.43. The Kier molecular flexibility index (Phi) is 6.17. The van der Waals surface area contributed by atoms with Gasteiger partial charge in [0.2, 0.25) is 0 Å². The lowest BCUT2D eigenvalue weighted by Crippen LogP contribution is -2.28. The van der Waals surface area contributed by atoms with Crippen molar-refractivity contribution >= 4 is 52.3 Å². The second-order valence-electron chi connectivity index (χ2n) is 7.21. The standard InChI is InChI=1S/C20H20ClNO4S2/c1-20(2)9-13-15(19(27-4)28-16(13)18(24)25-3)14(10-20)22-26-17(23)11-5-7-12(21)8-6-11/h5-8H,9-10H2,1-4H3/b22-14+. The smallest absolute Gasteiger partial charge is 0.365 e. The van der Waals surface area contributed by atoms with E-state index in [9.17, 15) is 9.59 Å². The zero-order chi connectivity index (χ0) is 20.5. The maximum Gasteiger partial charge on any atom is 0.365 e. The molecule has 0 aliphatic heterocycles. The summed E-state index contributed by atoms with van der Waals surface area (Å²) in [5, 5.41) is 4.74. The van der Waals surface area contributed by atoms with Crippen LogP contribution in [0.2, 0.25) is 5.02 Å². The van der Waals surface area contributed by atoms with Crippen molar-refractivity contribution in [3.8, 4) is 0 Å². The third-order valence-electron chi connectivity index (χ3n) is 4.44. The maximum atomic E-state index is 12.3. The number of rotatable bonds is 4. The van der Waals surface area contributed by atoms with Crippen LogP contribution in [-0.4, -0.2) is 31.0 Å². The number of halogens is 1. The highest BCUT2D eigenvalue weighted by atomic mass is 35.5. The molecular formula is C20H20ClNO4S2. The van der Waals surface area contributed by atoms with Crippen LogP contribution in [-0.2, 0) is 16.0 Å². The Morgan fingerprint density at radius 2 is 1.86 bits per heavy atom. The van der Waals surface area contributed by atoms with Gasteiger partial charge in [0.25, 0.3) is 0 Å². The predicted molar refractivity (Wildman–Crippen MR) is 113 cm³/mol. The monoisotopic (exact) mass is 437 g/mol. The first-order chi connectivity index (χ1) is 13.3. The van der Waals surface area contributed by atoms with Crippen molar-refractivity contribution in [2.24, 2.45) is 10.6 Å². The number of nitrogens with zero attached hydrogens (tertiary/aromatic N) is 1. The fourth-order valence-electron chi connectivity index (χ4n) is 3.20. The van der Waals surface area contributed by atoms with E-state index in [1.54, 1.807) is 36.0 Å². The van der Waals surface area contributed by atoms with Crippen molar-refractivity contribution in [1.82, 2.24) is 0 Å². The summed E-state index contributed by atoms with van der Waals surface area (Å²) in [4.78, 5) is 30.4. The van der Waals surface area contributed by atoms with Crippen molar-refractivity contribution < 1.29 is 19.2 Å². The Labute approximate surface area is 177 Å². The van der Waals surface area contributed by atoms with Gasteiger partial charge in [-0.25, -0.2) is 9.59 Å². The lowest BCUT2D eigenvalue weighted by Gasteiger charge is -2.31. The Morgan fingerprint density at radius 3 is 2.46 bits per heavy atom. The minimum Gasteiger partial charge on any atom is -0.465 e. The van der Waals surface area contributed by atoms with E-state index >= 15 is 0 Å². The van der Waals surface area contributed by atoms with Crippen LogP contribution in [0.25, 0.3) is 0 Å². The number of fused-ring (bicyclic) bond motifs is 1. The molecule has 1 aliphatic carbocycles. The van der Waals surface area contributed by atoms with E-state index in [1.807, 2.05) is 6.26 Å². The van der Waals surface area contributed by atoms with Crippen LogP contribution in [0.3, 0.4) is 0 Å². The molecule has 3 rings (SSSR count). The number of hydrogen-bond acceptors (Lipinski definition) is 7. The van der Waals surface area contributed by atoms with Gasteiger partial charge in [-0.05, 0) is 54.3 Å². The normalized spacial score (nSPS) is 16.5. The van der Waals surface area contributed by atoms with Crippen LogP contribution in [0.15, 0.2) is 33.6 Å². The van der Waals surface area contributed by atoms with E-state index in [4.69, 9.17) is 21.2 Å². The van der Waals surface area contributed by atoms with Gasteiger partial charge < -0.3 is 9.57 Å². The molecule has 0 radical (unpaired) electrons. The van der Waals surface area contributed by atoms with Crippen LogP contribution in [0, 0.1) is 5.41 Å². The van der Waals surface area contributed by atoms with Gasteiger partial charge in [-0.2, -0.15) is 0 Å². The molecule has 0 saturated heterocycles. The van der Waals surface area contributed by atoms with E-state index in [0.29, 0.717) is 27.6 Å². The summed E-state index contributed by atoms with van der Waals surface area (Å²) in [5.74, 6) is -0.903. The van der Waals surface area contributed by atoms with E-state index in [2.05, 4.69) is 19.0 Å². The molecule has 0 atom stereocenters. The van der Waals surface area contributed by atoms with Gasteiger partial charge in [-0.15, -0.1) is 23.1 Å². The number of benzene rings is 1. The molecule has 148 valence electrons. The fourth-order valence-corrected chi connectivity index (χ4v) is 5.35. The minimum atomic E-state index is -0.553. The van der Waals surface area contributed by atoms with Crippen molar-refractivity contribution in [3.05, 3.63) is 50.9 Å². The number of oxime groups is 1. The van der Waals surface area contributed by atoms with Crippen molar-refractivity contribution in [1.29, 1.82) is 0 Å². The summed E-state index contributed by atoms with van der Waals surface area (Å²) in [5.41, 5.74) is 2.72. The van der Waals surface area contributed by atoms with Gasteiger partial charge >= 0.3 is 11.9 Å². The molecule has 2 aromatic rings. The van der Waals surface area contributed by atoms with Crippen LogP contribution in [0.4, 0.5) is 0 Å². The molecule has 1 aliphatic rings. The maximum absolute atomic E-state index is 12.3. The molecule has 1 heterocycles. The van der Waals surface area contributed by atoms with Crippen molar-refractivity contribution in [2.75, 3.05) is 13.4 Å². The molecule has 0 amide bonds. The SMILES string of the molecule is COC(=O)c1sc(SC)c2c1CC(C)(C)C/C2=N\OC(=O)c1ccc(Cl)cc1. The molecule has 28 heavy (non-hydrogen) atoms. The van der Waals surface area contributed by atoms with Gasteiger partial charge in [0.05, 0.1) is 22.6 Å². The first-order valence-electron chi connectivity index (χ1n) is 8.58. The first kappa shape index (κ1) is 20.9. The number of esters is 1. The highest BCUT2D eigenvalue weighted by Gasteiger charge is 2.37. The summed E-state index contributed by atoms with van der Waals surface area (Å²) in [6.45, 7) is 4.20. The van der Waals surface area contributed by atoms with Crippen LogP contribution < -0.4 is 0 Å². The lowest BCUT2D eigenvalue weighted by molar-refractivity contribution is 0.0512. The average molecular weight is 438 g/mol. The van der Waals surface area contributed by atoms with Gasteiger partial charge in [0.1, 0.15) is 4.88 Å². The van der Waals surface area contributed by atoms with Crippen LogP contribution in [0.5, 0.6) is 0 Å². The van der Waals surface area contributed by atoms with Crippen LogP contribution in [0.1, 0.15) is 51.4 Å². The molecule has 0 saturated carbocycles. The van der Waals surface area contributed by atoms with Crippen molar-refractivity contribution in [3.63, 3.8) is 0 Å². The highest BCUT2D eigenvalue weighted by molar-refractivity contribution is 8.00. The summed E-state index contributed by atoms with van der Waals surface area (Å²) >= 11 is 8.80. The molecule has 1 aromatic carbocycles. The molecular weight excluding hydrogens is 418 g/mol. The average Bonchev–Trinajstić information content (AvgIpc) is 3.03. The summed E-state index contributed by atoms with van der Waals surface area (Å²) in [7, 11) is 1.38. The van der Waals surface area contributed by atoms with E-state index in [1.165, 1.54) is 18.4 Å². The number of carbonyl (C=O) groups is 2. The number of thiophene rings is 1. The molecule has 8 heteroatoms. The molecule has 0 fully saturated rings. The zero-order valence-electron chi connectivity index (χ0n) is 16.0. The van der Waals surface area contributed by atoms with Gasteiger partial charge in [0, 0.05) is 10.6 Å². The number of hydrogen-bond donors (Lipinski definition) is 0. The molecule has 0 unspecified atom stereocenters. The number of methoxy groups -OCH3 is 1. The zero-order valence-corrected chi connectivity index (χ0v) is 18.4. The minimum absolute atomic E-state index is 0.127. The van der Waals surface area contributed by atoms with Gasteiger partial charge in [0.15, 0.2) is 0 Å². The third kappa shape index (κ3) is 4.26. The topological polar surface area (TPSA) is 65.0 Å². The largest absolute Gasteiger partial charge is 0.465 e. The van der Waals surface area contributed by atoms with E-state index in [0.717, 1.165) is 21.8 Å². The summed E-state index contributed by atoms with van der Waals surface area (Å²) < 4.78 is 5.92. The lowest BCUT2D eigenvalue weighted by atomic mass is 9.74. The molecule has 0 N–H and O–H groups in total. The Hall–Kier alpha value is -1.83. The highest BCUT2D eigenvalue weighted by Crippen LogP contribution is 2.45. The summed E-state index contributed by atoms with van der Waals surface area (Å²) in [6.07, 6.45) is 3.32. The van der Waals surface area contributed by atoms with Gasteiger partial charge in [-0.3, -0.25) is 0 Å². The Balaban J connectivity index is 1.99. The number of carbonyl (C=O) groups excluding carboxylic acids is 2. The van der Waals surface area contributed by atoms with Gasteiger partial charge in [-0.1, -0.05) is 30.6 Å². The van der Waals surface area contributed by atoms with Crippen LogP contribution >= 0.6 is 34.7 Å². The van der Waals surface area contributed by atoms with Crippen molar-refractivity contribution in [2.45, 2.75) is 30.9 Å². The number of thioether (sulfide) groups is 1.